The summed E-state index contributed by atoms with van der Waals surface area (Å²) in [5, 5.41) is 4.17. The SMILES string of the molecule is CCOC(=O)C1(CC2CC(c3ccc(F)cc3)=NO2)CCN(C(=O)c2ccc(C)o2)CC1. The number of aryl methyl sites for hydroxylation is 1. The molecule has 1 aromatic heterocycles. The van der Waals surface area contributed by atoms with Crippen molar-refractivity contribution in [2.45, 2.75) is 45.6 Å². The third-order valence-corrected chi connectivity index (χ3v) is 6.20. The molecule has 2 aromatic rings. The number of esters is 1. The standard InChI is InChI=1S/C24H27FN2O5/c1-3-30-23(29)24(10-12-27(13-11-24)22(28)21-9-4-16(2)31-21)15-19-14-20(26-32-19)17-5-7-18(25)8-6-17/h4-9,19H,3,10-15H2,1-2H3. The van der Waals surface area contributed by atoms with E-state index in [0.717, 1.165) is 11.3 Å². The van der Waals surface area contributed by atoms with Gasteiger partial charge in [-0.2, -0.15) is 0 Å². The summed E-state index contributed by atoms with van der Waals surface area (Å²) >= 11 is 0. The third-order valence-electron chi connectivity index (χ3n) is 6.20. The maximum absolute atomic E-state index is 13.2. The minimum absolute atomic E-state index is 0.172. The summed E-state index contributed by atoms with van der Waals surface area (Å²) in [6.07, 6.45) is 1.64. The Morgan fingerprint density at radius 3 is 2.53 bits per heavy atom. The summed E-state index contributed by atoms with van der Waals surface area (Å²) in [7, 11) is 0. The van der Waals surface area contributed by atoms with Crippen molar-refractivity contribution in [3.8, 4) is 0 Å². The number of hydrogen-bond donors (Lipinski definition) is 0. The van der Waals surface area contributed by atoms with Crippen molar-refractivity contribution in [2.24, 2.45) is 10.6 Å². The van der Waals surface area contributed by atoms with E-state index in [2.05, 4.69) is 5.16 Å². The molecule has 170 valence electrons. The Morgan fingerprint density at radius 2 is 1.91 bits per heavy atom. The number of ether oxygens (including phenoxy) is 1. The molecule has 3 heterocycles. The van der Waals surface area contributed by atoms with Crippen molar-refractivity contribution in [1.29, 1.82) is 0 Å². The average Bonchev–Trinajstić information content (AvgIpc) is 3.43. The molecular weight excluding hydrogens is 415 g/mol. The van der Waals surface area contributed by atoms with Crippen molar-refractivity contribution < 1.29 is 28.0 Å². The van der Waals surface area contributed by atoms with Gasteiger partial charge in [0, 0.05) is 25.9 Å². The minimum atomic E-state index is -0.746. The molecule has 1 aromatic carbocycles. The molecule has 2 aliphatic heterocycles. The molecule has 2 aliphatic rings. The van der Waals surface area contributed by atoms with Gasteiger partial charge in [0.1, 0.15) is 17.7 Å². The van der Waals surface area contributed by atoms with Crippen LogP contribution in [0.25, 0.3) is 0 Å². The second-order valence-electron chi connectivity index (χ2n) is 8.38. The van der Waals surface area contributed by atoms with E-state index in [1.165, 1.54) is 12.1 Å². The summed E-state index contributed by atoms with van der Waals surface area (Å²) < 4.78 is 24.1. The van der Waals surface area contributed by atoms with Crippen LogP contribution in [-0.2, 0) is 14.4 Å². The normalized spacial score (nSPS) is 19.9. The average molecular weight is 442 g/mol. The number of rotatable bonds is 6. The van der Waals surface area contributed by atoms with Gasteiger partial charge in [0.2, 0.25) is 0 Å². The Labute approximate surface area is 186 Å². The predicted molar refractivity (Wildman–Crippen MR) is 115 cm³/mol. The topological polar surface area (TPSA) is 81.3 Å². The van der Waals surface area contributed by atoms with Crippen LogP contribution in [0.3, 0.4) is 0 Å². The van der Waals surface area contributed by atoms with Crippen LogP contribution in [0.1, 0.15) is 54.5 Å². The summed E-state index contributed by atoms with van der Waals surface area (Å²) in [4.78, 5) is 33.1. The zero-order valence-electron chi connectivity index (χ0n) is 18.3. The van der Waals surface area contributed by atoms with Crippen molar-refractivity contribution >= 4 is 17.6 Å². The summed E-state index contributed by atoms with van der Waals surface area (Å²) in [5.74, 6) is 0.246. The molecule has 0 saturated carbocycles. The maximum atomic E-state index is 13.2. The Kier molecular flexibility index (Phi) is 6.30. The first-order valence-electron chi connectivity index (χ1n) is 10.9. The Balaban J connectivity index is 1.42. The number of benzene rings is 1. The van der Waals surface area contributed by atoms with Gasteiger partial charge in [-0.3, -0.25) is 9.59 Å². The van der Waals surface area contributed by atoms with Crippen molar-refractivity contribution in [3.63, 3.8) is 0 Å². The number of carbonyl (C=O) groups is 2. The highest BCUT2D eigenvalue weighted by Gasteiger charge is 2.46. The summed E-state index contributed by atoms with van der Waals surface area (Å²) in [6.45, 7) is 4.72. The van der Waals surface area contributed by atoms with Crippen LogP contribution in [0.15, 0.2) is 46.0 Å². The Hall–Kier alpha value is -3.16. The van der Waals surface area contributed by atoms with Crippen LogP contribution in [0, 0.1) is 18.2 Å². The smallest absolute Gasteiger partial charge is 0.312 e. The Morgan fingerprint density at radius 1 is 1.19 bits per heavy atom. The fourth-order valence-corrected chi connectivity index (χ4v) is 4.41. The lowest BCUT2D eigenvalue weighted by molar-refractivity contribution is -0.161. The van der Waals surface area contributed by atoms with Crippen LogP contribution in [-0.4, -0.2) is 48.3 Å². The van der Waals surface area contributed by atoms with Gasteiger partial charge in [-0.25, -0.2) is 4.39 Å². The molecule has 0 aliphatic carbocycles. The van der Waals surface area contributed by atoms with E-state index in [1.54, 1.807) is 43.0 Å². The molecule has 1 unspecified atom stereocenters. The van der Waals surface area contributed by atoms with Crippen LogP contribution in [0.4, 0.5) is 4.39 Å². The van der Waals surface area contributed by atoms with Crippen molar-refractivity contribution in [2.75, 3.05) is 19.7 Å². The first-order valence-corrected chi connectivity index (χ1v) is 10.9. The van der Waals surface area contributed by atoms with E-state index < -0.39 is 5.41 Å². The molecule has 1 amide bonds. The van der Waals surface area contributed by atoms with E-state index in [9.17, 15) is 14.0 Å². The first kappa shape index (κ1) is 22.0. The van der Waals surface area contributed by atoms with Crippen molar-refractivity contribution in [3.05, 3.63) is 59.3 Å². The van der Waals surface area contributed by atoms with Gasteiger partial charge in [0.05, 0.1) is 17.7 Å². The van der Waals surface area contributed by atoms with Gasteiger partial charge in [-0.05, 0) is 56.5 Å². The van der Waals surface area contributed by atoms with Gasteiger partial charge in [-0.1, -0.05) is 17.3 Å². The highest BCUT2D eigenvalue weighted by atomic mass is 19.1. The van der Waals surface area contributed by atoms with E-state index in [4.69, 9.17) is 14.0 Å². The minimum Gasteiger partial charge on any atom is -0.466 e. The second-order valence-corrected chi connectivity index (χ2v) is 8.38. The van der Waals surface area contributed by atoms with Crippen LogP contribution >= 0.6 is 0 Å². The number of amides is 1. The second kappa shape index (κ2) is 9.14. The highest BCUT2D eigenvalue weighted by molar-refractivity contribution is 6.01. The lowest BCUT2D eigenvalue weighted by Gasteiger charge is -2.40. The zero-order chi connectivity index (χ0) is 22.7. The lowest BCUT2D eigenvalue weighted by Crippen LogP contribution is -2.48. The molecule has 1 atom stereocenters. The van der Waals surface area contributed by atoms with Crippen molar-refractivity contribution in [1.82, 2.24) is 4.90 Å². The lowest BCUT2D eigenvalue weighted by atomic mass is 9.73. The Bertz CT molecular complexity index is 1010. The number of furan rings is 1. The third kappa shape index (κ3) is 4.54. The fourth-order valence-electron chi connectivity index (χ4n) is 4.41. The molecule has 0 N–H and O–H groups in total. The molecule has 8 heteroatoms. The molecule has 1 saturated heterocycles. The largest absolute Gasteiger partial charge is 0.466 e. The number of oxime groups is 1. The van der Waals surface area contributed by atoms with E-state index >= 15 is 0 Å². The molecule has 0 spiro atoms. The summed E-state index contributed by atoms with van der Waals surface area (Å²) in [5.41, 5.74) is 0.785. The number of hydrogen-bond acceptors (Lipinski definition) is 6. The molecule has 4 rings (SSSR count). The maximum Gasteiger partial charge on any atom is 0.312 e. The molecule has 0 radical (unpaired) electrons. The van der Waals surface area contributed by atoms with Crippen LogP contribution < -0.4 is 0 Å². The molecule has 7 nitrogen and oxygen atoms in total. The van der Waals surface area contributed by atoms with E-state index in [-0.39, 0.29) is 30.4 Å². The zero-order valence-corrected chi connectivity index (χ0v) is 18.3. The van der Waals surface area contributed by atoms with E-state index in [0.29, 0.717) is 50.3 Å². The molecular formula is C24H27FN2O5. The van der Waals surface area contributed by atoms with E-state index in [1.807, 2.05) is 0 Å². The fraction of sp³-hybridized carbons (Fsp3) is 0.458. The van der Waals surface area contributed by atoms with Gasteiger partial charge in [-0.15, -0.1) is 0 Å². The number of likely N-dealkylation sites (tertiary alicyclic amines) is 1. The predicted octanol–water partition coefficient (Wildman–Crippen LogP) is 4.10. The van der Waals surface area contributed by atoms with Gasteiger partial charge >= 0.3 is 5.97 Å². The molecule has 0 bridgehead atoms. The molecule has 32 heavy (non-hydrogen) atoms. The quantitative estimate of drug-likeness (QED) is 0.630. The van der Waals surface area contributed by atoms with Crippen LogP contribution in [0.5, 0.6) is 0 Å². The molecule has 1 fully saturated rings. The number of nitrogens with zero attached hydrogens (tertiary/aromatic N) is 2. The van der Waals surface area contributed by atoms with Gasteiger partial charge < -0.3 is 18.9 Å². The van der Waals surface area contributed by atoms with Crippen LogP contribution in [0.2, 0.25) is 0 Å². The monoisotopic (exact) mass is 442 g/mol. The highest BCUT2D eigenvalue weighted by Crippen LogP contribution is 2.40. The number of halogens is 1. The number of piperidine rings is 1. The first-order chi connectivity index (χ1) is 15.4. The van der Waals surface area contributed by atoms with Gasteiger partial charge in [0.25, 0.3) is 5.91 Å². The number of carbonyl (C=O) groups excluding carboxylic acids is 2. The summed E-state index contributed by atoms with van der Waals surface area (Å²) in [6, 6.07) is 9.54. The van der Waals surface area contributed by atoms with Gasteiger partial charge in [0.15, 0.2) is 5.76 Å².